The van der Waals surface area contributed by atoms with Crippen LogP contribution in [-0.4, -0.2) is 80.3 Å². The molecule has 3 rings (SSSR count). The third-order valence-electron chi connectivity index (χ3n) is 5.44. The molecule has 1 aromatic heterocycles. The van der Waals surface area contributed by atoms with E-state index in [1.807, 2.05) is 0 Å². The highest BCUT2D eigenvalue weighted by atomic mass is 16.5. The maximum absolute atomic E-state index is 12.5. The van der Waals surface area contributed by atoms with Gasteiger partial charge in [-0.3, -0.25) is 9.69 Å². The van der Waals surface area contributed by atoms with Gasteiger partial charge in [-0.05, 0) is 37.1 Å². The number of amides is 1. The number of nitrogens with one attached hydrogen (secondary N) is 1. The van der Waals surface area contributed by atoms with Gasteiger partial charge in [-0.25, -0.2) is 4.98 Å². The molecule has 2 aromatic rings. The van der Waals surface area contributed by atoms with Crippen molar-refractivity contribution in [1.29, 1.82) is 0 Å². The fraction of sp³-hybridized carbons (Fsp3) is 0.500. The molecule has 0 bridgehead atoms. The van der Waals surface area contributed by atoms with E-state index in [4.69, 9.17) is 9.47 Å². The minimum absolute atomic E-state index is 0.143. The number of methoxy groups -OCH3 is 1. The van der Waals surface area contributed by atoms with Crippen molar-refractivity contribution in [2.24, 2.45) is 0 Å². The van der Waals surface area contributed by atoms with Crippen molar-refractivity contribution < 1.29 is 14.3 Å². The van der Waals surface area contributed by atoms with Gasteiger partial charge in [-0.2, -0.15) is 0 Å². The molecular formula is C24H34N4O3. The lowest BCUT2D eigenvalue weighted by atomic mass is 10.2. The van der Waals surface area contributed by atoms with Gasteiger partial charge in [0.05, 0.1) is 6.61 Å². The third-order valence-corrected chi connectivity index (χ3v) is 5.44. The molecule has 0 radical (unpaired) electrons. The molecule has 1 aromatic carbocycles. The summed E-state index contributed by atoms with van der Waals surface area (Å²) >= 11 is 0. The van der Waals surface area contributed by atoms with Crippen LogP contribution in [0.15, 0.2) is 48.7 Å². The maximum Gasteiger partial charge on any atom is 0.256 e. The summed E-state index contributed by atoms with van der Waals surface area (Å²) in [6.45, 7) is 8.02. The Bertz CT molecular complexity index is 779. The second-order valence-electron chi connectivity index (χ2n) is 7.76. The second-order valence-corrected chi connectivity index (χ2v) is 7.76. The van der Waals surface area contributed by atoms with Crippen molar-refractivity contribution in [3.8, 4) is 5.88 Å². The minimum atomic E-state index is -0.143. The van der Waals surface area contributed by atoms with E-state index in [9.17, 15) is 4.79 Å². The summed E-state index contributed by atoms with van der Waals surface area (Å²) < 4.78 is 10.5. The van der Waals surface area contributed by atoms with E-state index < -0.39 is 0 Å². The van der Waals surface area contributed by atoms with Crippen molar-refractivity contribution in [3.63, 3.8) is 0 Å². The van der Waals surface area contributed by atoms with Crippen LogP contribution in [0.2, 0.25) is 0 Å². The molecule has 1 aliphatic rings. The Balaban J connectivity index is 1.29. The van der Waals surface area contributed by atoms with Crippen LogP contribution in [0.3, 0.4) is 0 Å². The molecule has 1 fully saturated rings. The first-order valence-corrected chi connectivity index (χ1v) is 11.1. The van der Waals surface area contributed by atoms with Crippen molar-refractivity contribution in [2.75, 3.05) is 59.6 Å². The number of hydrogen-bond donors (Lipinski definition) is 1. The molecule has 1 saturated heterocycles. The molecule has 0 atom stereocenters. The molecule has 0 aliphatic carbocycles. The Morgan fingerprint density at radius 3 is 2.55 bits per heavy atom. The van der Waals surface area contributed by atoms with Crippen LogP contribution in [0.5, 0.6) is 5.88 Å². The van der Waals surface area contributed by atoms with Crippen LogP contribution in [0.4, 0.5) is 0 Å². The van der Waals surface area contributed by atoms with E-state index in [2.05, 4.69) is 50.4 Å². The first-order chi connectivity index (χ1) is 15.3. The fourth-order valence-corrected chi connectivity index (χ4v) is 3.67. The molecular weight excluding hydrogens is 392 g/mol. The first-order valence-electron chi connectivity index (χ1n) is 11.1. The van der Waals surface area contributed by atoms with Crippen molar-refractivity contribution in [3.05, 3.63) is 59.8 Å². The van der Waals surface area contributed by atoms with E-state index >= 15 is 0 Å². The van der Waals surface area contributed by atoms with Crippen molar-refractivity contribution in [2.45, 2.75) is 19.4 Å². The average Bonchev–Trinajstić information content (AvgIpc) is 2.81. The summed E-state index contributed by atoms with van der Waals surface area (Å²) in [7, 11) is 1.61. The summed E-state index contributed by atoms with van der Waals surface area (Å²) in [6.07, 6.45) is 3.65. The number of aromatic nitrogens is 1. The third kappa shape index (κ3) is 7.94. The van der Waals surface area contributed by atoms with Gasteiger partial charge in [-0.1, -0.05) is 30.3 Å². The molecule has 0 spiro atoms. The number of ether oxygens (including phenoxy) is 2. The van der Waals surface area contributed by atoms with E-state index in [0.29, 0.717) is 31.2 Å². The van der Waals surface area contributed by atoms with E-state index in [1.165, 1.54) is 5.56 Å². The lowest BCUT2D eigenvalue weighted by molar-refractivity contribution is 0.0941. The first kappa shape index (κ1) is 23.2. The summed E-state index contributed by atoms with van der Waals surface area (Å²) in [5.74, 6) is 0.209. The van der Waals surface area contributed by atoms with Gasteiger partial charge in [-0.15, -0.1) is 0 Å². The van der Waals surface area contributed by atoms with Crippen LogP contribution in [0.1, 0.15) is 28.8 Å². The number of pyridine rings is 1. The van der Waals surface area contributed by atoms with Gasteiger partial charge >= 0.3 is 0 Å². The number of benzene rings is 1. The molecule has 31 heavy (non-hydrogen) atoms. The summed E-state index contributed by atoms with van der Waals surface area (Å²) in [5.41, 5.74) is 1.85. The van der Waals surface area contributed by atoms with E-state index in [0.717, 1.165) is 52.1 Å². The second kappa shape index (κ2) is 13.0. The molecule has 0 unspecified atom stereocenters. The lowest BCUT2D eigenvalue weighted by Gasteiger charge is -2.34. The average molecular weight is 427 g/mol. The predicted octanol–water partition coefficient (Wildman–Crippen LogP) is 2.43. The highest BCUT2D eigenvalue weighted by Gasteiger charge is 2.17. The number of unbranched alkanes of at least 4 members (excludes halogenated alkanes) is 1. The van der Waals surface area contributed by atoms with Crippen LogP contribution in [-0.2, 0) is 11.3 Å². The van der Waals surface area contributed by atoms with Gasteiger partial charge in [0.1, 0.15) is 12.2 Å². The quantitative estimate of drug-likeness (QED) is 0.526. The molecule has 1 N–H and O–H groups in total. The predicted molar refractivity (Wildman–Crippen MR) is 121 cm³/mol. The van der Waals surface area contributed by atoms with Gasteiger partial charge in [0.2, 0.25) is 5.88 Å². The molecule has 2 heterocycles. The fourth-order valence-electron chi connectivity index (χ4n) is 3.67. The summed E-state index contributed by atoms with van der Waals surface area (Å²) in [6, 6.07) is 14.1. The Morgan fingerprint density at radius 1 is 1.00 bits per heavy atom. The van der Waals surface area contributed by atoms with Gasteiger partial charge < -0.3 is 19.7 Å². The van der Waals surface area contributed by atoms with E-state index in [1.54, 1.807) is 25.4 Å². The Hall–Kier alpha value is -2.48. The number of hydrogen-bond acceptors (Lipinski definition) is 6. The SMILES string of the molecule is COCCOc1ncccc1C(=O)NCCCCN1CCN(Cc2ccccc2)CC1. The van der Waals surface area contributed by atoms with Gasteiger partial charge in [0.15, 0.2) is 0 Å². The lowest BCUT2D eigenvalue weighted by Crippen LogP contribution is -2.46. The molecule has 7 nitrogen and oxygen atoms in total. The number of carbonyl (C=O) groups is 1. The summed E-state index contributed by atoms with van der Waals surface area (Å²) in [4.78, 5) is 21.7. The largest absolute Gasteiger partial charge is 0.475 e. The van der Waals surface area contributed by atoms with E-state index in [-0.39, 0.29) is 5.91 Å². The van der Waals surface area contributed by atoms with Crippen LogP contribution >= 0.6 is 0 Å². The highest BCUT2D eigenvalue weighted by Crippen LogP contribution is 2.14. The molecule has 1 amide bonds. The number of nitrogens with zero attached hydrogens (tertiary/aromatic N) is 3. The van der Waals surface area contributed by atoms with Crippen molar-refractivity contribution >= 4 is 5.91 Å². The van der Waals surface area contributed by atoms with Crippen LogP contribution in [0, 0.1) is 0 Å². The zero-order valence-corrected chi connectivity index (χ0v) is 18.5. The Kier molecular flexibility index (Phi) is 9.76. The summed E-state index contributed by atoms with van der Waals surface area (Å²) in [5, 5.41) is 2.98. The minimum Gasteiger partial charge on any atom is -0.475 e. The van der Waals surface area contributed by atoms with Crippen LogP contribution < -0.4 is 10.1 Å². The normalized spacial score (nSPS) is 15.0. The Labute approximate surface area is 185 Å². The highest BCUT2D eigenvalue weighted by molar-refractivity contribution is 5.96. The van der Waals surface area contributed by atoms with Gasteiger partial charge in [0, 0.05) is 52.6 Å². The zero-order valence-electron chi connectivity index (χ0n) is 18.5. The Morgan fingerprint density at radius 2 is 1.77 bits per heavy atom. The van der Waals surface area contributed by atoms with Crippen LogP contribution in [0.25, 0.3) is 0 Å². The number of piperazine rings is 1. The number of carbonyl (C=O) groups excluding carboxylic acids is 1. The molecule has 1 aliphatic heterocycles. The number of rotatable bonds is 12. The molecule has 7 heteroatoms. The standard InChI is InChI=1S/C24H34N4O3/c1-30-18-19-31-24-22(10-7-12-26-24)23(29)25-11-5-6-13-27-14-16-28(17-15-27)20-21-8-3-2-4-9-21/h2-4,7-10,12H,5-6,11,13-20H2,1H3,(H,25,29). The monoisotopic (exact) mass is 426 g/mol. The zero-order chi connectivity index (χ0) is 21.7. The van der Waals surface area contributed by atoms with Gasteiger partial charge in [0.25, 0.3) is 5.91 Å². The topological polar surface area (TPSA) is 66.9 Å². The maximum atomic E-state index is 12.5. The molecule has 168 valence electrons. The molecule has 0 saturated carbocycles. The van der Waals surface area contributed by atoms with Crippen molar-refractivity contribution in [1.82, 2.24) is 20.1 Å². The smallest absolute Gasteiger partial charge is 0.256 e.